The second-order valence-electron chi connectivity index (χ2n) is 5.53. The minimum absolute atomic E-state index is 0.180. The van der Waals surface area contributed by atoms with Crippen LogP contribution in [0.1, 0.15) is 34.1 Å². The first-order chi connectivity index (χ1) is 7.35. The van der Waals surface area contributed by atoms with Crippen molar-refractivity contribution < 1.29 is 9.53 Å². The molecule has 0 saturated carbocycles. The number of ether oxygens (including phenoxy) is 1. The predicted octanol–water partition coefficient (Wildman–Crippen LogP) is 1.85. The van der Waals surface area contributed by atoms with Gasteiger partial charge in [-0.05, 0) is 53.6 Å². The van der Waals surface area contributed by atoms with E-state index in [1.54, 1.807) is 0 Å². The van der Waals surface area contributed by atoms with Crippen LogP contribution >= 0.6 is 0 Å². The van der Waals surface area contributed by atoms with Crippen molar-refractivity contribution in [2.75, 3.05) is 20.1 Å². The minimum atomic E-state index is -0.396. The number of carbonyl (C=O) groups excluding carboxylic acids is 1. The molecule has 1 aliphatic heterocycles. The van der Waals surface area contributed by atoms with Crippen molar-refractivity contribution in [2.45, 2.75) is 45.8 Å². The van der Waals surface area contributed by atoms with Gasteiger partial charge in [-0.15, -0.1) is 0 Å². The fraction of sp³-hybridized carbons (Fsp3) is 0.917. The lowest BCUT2D eigenvalue weighted by molar-refractivity contribution is -0.0264. The molecule has 0 radical (unpaired) electrons. The van der Waals surface area contributed by atoms with Crippen molar-refractivity contribution in [1.29, 1.82) is 0 Å². The van der Waals surface area contributed by atoms with Gasteiger partial charge in [-0.25, -0.2) is 4.79 Å². The largest absolute Gasteiger partial charge is 0.444 e. The Balaban J connectivity index is 2.34. The molecule has 94 valence electrons. The highest BCUT2D eigenvalue weighted by Crippen LogP contribution is 2.28. The molecular weight excluding hydrogens is 204 g/mol. The van der Waals surface area contributed by atoms with Crippen LogP contribution in [0.25, 0.3) is 0 Å². The number of rotatable bonds is 3. The molecule has 0 spiro atoms. The molecule has 1 heterocycles. The van der Waals surface area contributed by atoms with Crippen molar-refractivity contribution in [1.82, 2.24) is 10.2 Å². The predicted molar refractivity (Wildman–Crippen MR) is 64.4 cm³/mol. The van der Waals surface area contributed by atoms with E-state index >= 15 is 0 Å². The molecule has 2 atom stereocenters. The van der Waals surface area contributed by atoms with E-state index in [0.717, 1.165) is 19.5 Å². The van der Waals surface area contributed by atoms with E-state index in [0.29, 0.717) is 12.0 Å². The molecule has 2 unspecified atom stereocenters. The van der Waals surface area contributed by atoms with E-state index in [9.17, 15) is 4.79 Å². The first-order valence-electron chi connectivity index (χ1n) is 5.99. The Morgan fingerprint density at radius 2 is 2.12 bits per heavy atom. The molecule has 1 fully saturated rings. The summed E-state index contributed by atoms with van der Waals surface area (Å²) in [6.07, 6.45) is 0.942. The van der Waals surface area contributed by atoms with Gasteiger partial charge in [0.1, 0.15) is 5.60 Å². The van der Waals surface area contributed by atoms with Gasteiger partial charge >= 0.3 is 6.09 Å². The van der Waals surface area contributed by atoms with Gasteiger partial charge in [0, 0.05) is 12.6 Å². The lowest BCUT2D eigenvalue weighted by Gasteiger charge is -2.46. The second kappa shape index (κ2) is 5.04. The van der Waals surface area contributed by atoms with Gasteiger partial charge in [-0.2, -0.15) is 0 Å². The van der Waals surface area contributed by atoms with Crippen LogP contribution < -0.4 is 5.32 Å². The number of amides is 1. The molecule has 0 aliphatic carbocycles. The van der Waals surface area contributed by atoms with Crippen LogP contribution in [-0.2, 0) is 4.74 Å². The topological polar surface area (TPSA) is 41.6 Å². The van der Waals surface area contributed by atoms with Crippen LogP contribution in [0.5, 0.6) is 0 Å². The zero-order valence-electron chi connectivity index (χ0n) is 11.0. The Morgan fingerprint density at radius 1 is 1.50 bits per heavy atom. The summed E-state index contributed by atoms with van der Waals surface area (Å²) in [5.41, 5.74) is -0.396. The number of hydrogen-bond acceptors (Lipinski definition) is 3. The molecule has 1 aliphatic rings. The summed E-state index contributed by atoms with van der Waals surface area (Å²) >= 11 is 0. The van der Waals surface area contributed by atoms with Gasteiger partial charge < -0.3 is 15.0 Å². The third-order valence-electron chi connectivity index (χ3n) is 3.00. The molecule has 1 saturated heterocycles. The van der Waals surface area contributed by atoms with E-state index in [-0.39, 0.29) is 6.09 Å². The number of nitrogens with zero attached hydrogens (tertiary/aromatic N) is 1. The molecule has 1 amide bonds. The Bertz CT molecular complexity index is 248. The number of likely N-dealkylation sites (tertiary alicyclic amines) is 1. The molecule has 16 heavy (non-hydrogen) atoms. The van der Waals surface area contributed by atoms with Gasteiger partial charge in [0.05, 0.1) is 0 Å². The third-order valence-corrected chi connectivity index (χ3v) is 3.00. The lowest BCUT2D eigenvalue weighted by Crippen LogP contribution is -2.58. The SMILES string of the molecule is CNCCC1CN(C(=O)OC(C)(C)C)C1C. The van der Waals surface area contributed by atoms with E-state index in [1.165, 1.54) is 0 Å². The fourth-order valence-corrected chi connectivity index (χ4v) is 1.91. The molecule has 4 nitrogen and oxygen atoms in total. The molecular formula is C12H24N2O2. The summed E-state index contributed by atoms with van der Waals surface area (Å²) in [6, 6.07) is 0.309. The van der Waals surface area contributed by atoms with E-state index in [1.807, 2.05) is 32.7 Å². The summed E-state index contributed by atoms with van der Waals surface area (Å²) in [4.78, 5) is 13.6. The molecule has 0 aromatic heterocycles. The molecule has 1 rings (SSSR count). The van der Waals surface area contributed by atoms with Gasteiger partial charge in [0.25, 0.3) is 0 Å². The monoisotopic (exact) mass is 228 g/mol. The molecule has 0 aromatic rings. The number of carbonyl (C=O) groups is 1. The maximum Gasteiger partial charge on any atom is 0.410 e. The summed E-state index contributed by atoms with van der Waals surface area (Å²) in [7, 11) is 1.95. The maximum absolute atomic E-state index is 11.8. The van der Waals surface area contributed by atoms with Crippen LogP contribution in [0.15, 0.2) is 0 Å². The smallest absolute Gasteiger partial charge is 0.410 e. The standard InChI is InChI=1S/C12H24N2O2/c1-9-10(6-7-13-5)8-14(9)11(15)16-12(2,3)4/h9-10,13H,6-8H2,1-5H3. The van der Waals surface area contributed by atoms with Crippen molar-refractivity contribution >= 4 is 6.09 Å². The normalized spacial score (nSPS) is 25.2. The van der Waals surface area contributed by atoms with Gasteiger partial charge in [0.2, 0.25) is 0 Å². The number of nitrogens with one attached hydrogen (secondary N) is 1. The molecule has 0 aromatic carbocycles. The highest BCUT2D eigenvalue weighted by Gasteiger charge is 2.39. The summed E-state index contributed by atoms with van der Waals surface area (Å²) in [5, 5.41) is 3.13. The van der Waals surface area contributed by atoms with Crippen LogP contribution in [0.2, 0.25) is 0 Å². The number of hydrogen-bond donors (Lipinski definition) is 1. The average molecular weight is 228 g/mol. The Hall–Kier alpha value is -0.770. The van der Waals surface area contributed by atoms with Gasteiger partial charge in [0.15, 0.2) is 0 Å². The quantitative estimate of drug-likeness (QED) is 0.801. The second-order valence-corrected chi connectivity index (χ2v) is 5.53. The summed E-state index contributed by atoms with van der Waals surface area (Å²) in [6.45, 7) is 9.62. The first kappa shape index (κ1) is 13.3. The summed E-state index contributed by atoms with van der Waals surface area (Å²) in [5.74, 6) is 0.611. The van der Waals surface area contributed by atoms with Crippen molar-refractivity contribution in [3.63, 3.8) is 0 Å². The third kappa shape index (κ3) is 3.37. The average Bonchev–Trinajstić information content (AvgIpc) is 2.13. The van der Waals surface area contributed by atoms with Crippen molar-refractivity contribution in [2.24, 2.45) is 5.92 Å². The highest BCUT2D eigenvalue weighted by atomic mass is 16.6. The highest BCUT2D eigenvalue weighted by molar-refractivity contribution is 5.69. The maximum atomic E-state index is 11.8. The molecule has 0 bridgehead atoms. The fourth-order valence-electron chi connectivity index (χ4n) is 1.91. The Kier molecular flexibility index (Phi) is 4.19. The van der Waals surface area contributed by atoms with Crippen LogP contribution in [-0.4, -0.2) is 42.8 Å². The zero-order chi connectivity index (χ0) is 12.3. The van der Waals surface area contributed by atoms with E-state index < -0.39 is 5.60 Å². The zero-order valence-corrected chi connectivity index (χ0v) is 11.0. The van der Waals surface area contributed by atoms with E-state index in [4.69, 9.17) is 4.74 Å². The van der Waals surface area contributed by atoms with Crippen molar-refractivity contribution in [3.05, 3.63) is 0 Å². The Morgan fingerprint density at radius 3 is 2.56 bits per heavy atom. The van der Waals surface area contributed by atoms with Crippen molar-refractivity contribution in [3.8, 4) is 0 Å². The molecule has 1 N–H and O–H groups in total. The van der Waals surface area contributed by atoms with Crippen LogP contribution in [0.3, 0.4) is 0 Å². The first-order valence-corrected chi connectivity index (χ1v) is 5.99. The minimum Gasteiger partial charge on any atom is -0.444 e. The summed E-state index contributed by atoms with van der Waals surface area (Å²) < 4.78 is 5.34. The van der Waals surface area contributed by atoms with Crippen LogP contribution in [0.4, 0.5) is 4.79 Å². The van der Waals surface area contributed by atoms with E-state index in [2.05, 4.69) is 12.2 Å². The molecule has 4 heteroatoms. The lowest BCUT2D eigenvalue weighted by atomic mass is 9.87. The van der Waals surface area contributed by atoms with Gasteiger partial charge in [-0.3, -0.25) is 0 Å². The van der Waals surface area contributed by atoms with Crippen LogP contribution in [0, 0.1) is 5.92 Å². The van der Waals surface area contributed by atoms with Gasteiger partial charge in [-0.1, -0.05) is 0 Å². The Labute approximate surface area is 98.3 Å².